The molecule has 22 heavy (non-hydrogen) atoms. The maximum atomic E-state index is 12.1. The van der Waals surface area contributed by atoms with Gasteiger partial charge in [0.1, 0.15) is 5.60 Å². The second kappa shape index (κ2) is 6.89. The molecule has 1 atom stereocenters. The number of nitrogens with one attached hydrogen (secondary N) is 1. The summed E-state index contributed by atoms with van der Waals surface area (Å²) in [5, 5.41) is 15.0. The molecule has 0 spiro atoms. The Balaban J connectivity index is 1.95. The lowest BCUT2D eigenvalue weighted by atomic mass is 10.1. The van der Waals surface area contributed by atoms with E-state index in [-0.39, 0.29) is 18.6 Å². The van der Waals surface area contributed by atoms with Crippen LogP contribution in [0, 0.1) is 0 Å². The molecule has 0 bridgehead atoms. The quantitative estimate of drug-likeness (QED) is 0.858. The standard InChI is InChI=1S/C16H20N2O3S/c1-11(2)21-14-7-6-12(9-17-14)15(19)18-10-16(3,20)13-5-4-8-22-13/h4-9,11,20H,10H2,1-3H3,(H,18,19). The average Bonchev–Trinajstić information content (AvgIpc) is 3.00. The van der Waals surface area contributed by atoms with Crippen LogP contribution in [0.15, 0.2) is 35.8 Å². The van der Waals surface area contributed by atoms with Crippen LogP contribution in [0.5, 0.6) is 5.88 Å². The van der Waals surface area contributed by atoms with E-state index in [1.54, 1.807) is 19.1 Å². The third-order valence-electron chi connectivity index (χ3n) is 3.00. The van der Waals surface area contributed by atoms with E-state index in [1.807, 2.05) is 31.4 Å². The lowest BCUT2D eigenvalue weighted by Gasteiger charge is -2.22. The van der Waals surface area contributed by atoms with Crippen molar-refractivity contribution in [3.05, 3.63) is 46.3 Å². The molecule has 0 saturated carbocycles. The van der Waals surface area contributed by atoms with Gasteiger partial charge in [-0.25, -0.2) is 4.98 Å². The molecule has 2 heterocycles. The smallest absolute Gasteiger partial charge is 0.252 e. The summed E-state index contributed by atoms with van der Waals surface area (Å²) >= 11 is 1.45. The number of carbonyl (C=O) groups excluding carboxylic acids is 1. The van der Waals surface area contributed by atoms with Crippen molar-refractivity contribution in [1.82, 2.24) is 10.3 Å². The van der Waals surface area contributed by atoms with Crippen LogP contribution in [0.25, 0.3) is 0 Å². The SMILES string of the molecule is CC(C)Oc1ccc(C(=O)NCC(C)(O)c2cccs2)cn1. The molecule has 2 aromatic rings. The summed E-state index contributed by atoms with van der Waals surface area (Å²) in [5.41, 5.74) is -0.657. The Morgan fingerprint density at radius 2 is 2.23 bits per heavy atom. The molecule has 0 radical (unpaired) electrons. The van der Waals surface area contributed by atoms with Crippen molar-refractivity contribution in [2.24, 2.45) is 0 Å². The normalized spacial score (nSPS) is 13.7. The van der Waals surface area contributed by atoms with Gasteiger partial charge in [0.2, 0.25) is 5.88 Å². The second-order valence-electron chi connectivity index (χ2n) is 5.49. The average molecular weight is 320 g/mol. The molecular weight excluding hydrogens is 300 g/mol. The lowest BCUT2D eigenvalue weighted by Crippen LogP contribution is -2.38. The third kappa shape index (κ3) is 4.29. The van der Waals surface area contributed by atoms with E-state index in [2.05, 4.69) is 10.3 Å². The van der Waals surface area contributed by atoms with Crippen molar-refractivity contribution in [2.75, 3.05) is 6.54 Å². The van der Waals surface area contributed by atoms with Crippen LogP contribution in [-0.4, -0.2) is 28.6 Å². The van der Waals surface area contributed by atoms with Crippen molar-refractivity contribution in [1.29, 1.82) is 0 Å². The number of aromatic nitrogens is 1. The minimum Gasteiger partial charge on any atom is -0.475 e. The number of amides is 1. The van der Waals surface area contributed by atoms with Gasteiger partial charge >= 0.3 is 0 Å². The van der Waals surface area contributed by atoms with E-state index in [0.717, 1.165) is 4.88 Å². The predicted octanol–water partition coefficient (Wildman–Crippen LogP) is 2.57. The van der Waals surface area contributed by atoms with Crippen molar-refractivity contribution < 1.29 is 14.6 Å². The molecule has 0 aliphatic carbocycles. The molecule has 5 nitrogen and oxygen atoms in total. The predicted molar refractivity (Wildman–Crippen MR) is 86.2 cm³/mol. The number of thiophene rings is 1. The van der Waals surface area contributed by atoms with Crippen LogP contribution in [0.1, 0.15) is 36.0 Å². The molecule has 2 aromatic heterocycles. The number of carbonyl (C=O) groups is 1. The molecule has 0 aliphatic heterocycles. The van der Waals surface area contributed by atoms with E-state index in [9.17, 15) is 9.90 Å². The Morgan fingerprint density at radius 1 is 1.45 bits per heavy atom. The number of aliphatic hydroxyl groups is 1. The minimum absolute atomic E-state index is 0.0352. The zero-order valence-electron chi connectivity index (χ0n) is 12.9. The summed E-state index contributed by atoms with van der Waals surface area (Å²) in [6.45, 7) is 5.64. The highest BCUT2D eigenvalue weighted by atomic mass is 32.1. The first kappa shape index (κ1) is 16.5. The van der Waals surface area contributed by atoms with Gasteiger partial charge in [0.05, 0.1) is 18.2 Å². The molecule has 0 aromatic carbocycles. The first-order valence-corrected chi connectivity index (χ1v) is 7.94. The van der Waals surface area contributed by atoms with Crippen molar-refractivity contribution >= 4 is 17.2 Å². The zero-order valence-corrected chi connectivity index (χ0v) is 13.7. The zero-order chi connectivity index (χ0) is 16.2. The molecule has 2 N–H and O–H groups in total. The van der Waals surface area contributed by atoms with Gasteiger partial charge in [0.25, 0.3) is 5.91 Å². The van der Waals surface area contributed by atoms with Crippen molar-refractivity contribution in [3.63, 3.8) is 0 Å². The molecule has 0 saturated heterocycles. The minimum atomic E-state index is -1.09. The highest BCUT2D eigenvalue weighted by Crippen LogP contribution is 2.24. The first-order chi connectivity index (χ1) is 10.4. The molecule has 0 aliphatic rings. The van der Waals surface area contributed by atoms with Crippen molar-refractivity contribution in [3.8, 4) is 5.88 Å². The second-order valence-corrected chi connectivity index (χ2v) is 6.43. The van der Waals surface area contributed by atoms with Crippen LogP contribution in [0.3, 0.4) is 0 Å². The summed E-state index contributed by atoms with van der Waals surface area (Å²) in [7, 11) is 0. The number of rotatable bonds is 6. The van der Waals surface area contributed by atoms with E-state index in [1.165, 1.54) is 17.5 Å². The largest absolute Gasteiger partial charge is 0.475 e. The number of ether oxygens (including phenoxy) is 1. The molecule has 1 amide bonds. The monoisotopic (exact) mass is 320 g/mol. The summed E-state index contributed by atoms with van der Waals surface area (Å²) in [5.74, 6) is 0.206. The van der Waals surface area contributed by atoms with Crippen molar-refractivity contribution in [2.45, 2.75) is 32.5 Å². The Morgan fingerprint density at radius 3 is 2.77 bits per heavy atom. The van der Waals surface area contributed by atoms with Crippen LogP contribution < -0.4 is 10.1 Å². The summed E-state index contributed by atoms with van der Waals surface area (Å²) in [4.78, 5) is 17.0. The van der Waals surface area contributed by atoms with Gasteiger partial charge in [0, 0.05) is 17.1 Å². The fourth-order valence-corrected chi connectivity index (χ4v) is 2.64. The van der Waals surface area contributed by atoms with Gasteiger partial charge in [-0.3, -0.25) is 4.79 Å². The maximum absolute atomic E-state index is 12.1. The first-order valence-electron chi connectivity index (χ1n) is 7.06. The van der Waals surface area contributed by atoms with Crippen LogP contribution in [0.2, 0.25) is 0 Å². The topological polar surface area (TPSA) is 71.5 Å². The number of pyridine rings is 1. The lowest BCUT2D eigenvalue weighted by molar-refractivity contribution is 0.0556. The van der Waals surface area contributed by atoms with Gasteiger partial charge in [-0.1, -0.05) is 6.07 Å². The number of nitrogens with zero attached hydrogens (tertiary/aromatic N) is 1. The Labute approximate surface area is 134 Å². The molecule has 118 valence electrons. The third-order valence-corrected chi connectivity index (χ3v) is 4.12. The Kier molecular flexibility index (Phi) is 5.15. The fraction of sp³-hybridized carbons (Fsp3) is 0.375. The molecule has 0 fully saturated rings. The summed E-state index contributed by atoms with van der Waals surface area (Å²) < 4.78 is 5.43. The van der Waals surface area contributed by atoms with Gasteiger partial charge < -0.3 is 15.2 Å². The van der Waals surface area contributed by atoms with Crippen LogP contribution in [-0.2, 0) is 5.60 Å². The van der Waals surface area contributed by atoms with Gasteiger partial charge in [0.15, 0.2) is 0 Å². The maximum Gasteiger partial charge on any atom is 0.252 e. The van der Waals surface area contributed by atoms with Gasteiger partial charge in [-0.05, 0) is 38.3 Å². The molecule has 1 unspecified atom stereocenters. The van der Waals surface area contributed by atoms with Gasteiger partial charge in [-0.2, -0.15) is 0 Å². The van der Waals surface area contributed by atoms with Crippen LogP contribution in [0.4, 0.5) is 0 Å². The number of hydrogen-bond donors (Lipinski definition) is 2. The Bertz CT molecular complexity index is 607. The Hall–Kier alpha value is -1.92. The fourth-order valence-electron chi connectivity index (χ4n) is 1.85. The number of hydrogen-bond acceptors (Lipinski definition) is 5. The summed E-state index contributed by atoms with van der Waals surface area (Å²) in [6, 6.07) is 7.02. The highest BCUT2D eigenvalue weighted by Gasteiger charge is 2.25. The summed E-state index contributed by atoms with van der Waals surface area (Å²) in [6.07, 6.45) is 1.50. The van der Waals surface area contributed by atoms with Crippen LogP contribution >= 0.6 is 11.3 Å². The molecule has 2 rings (SSSR count). The van der Waals surface area contributed by atoms with E-state index in [4.69, 9.17) is 4.74 Å². The van der Waals surface area contributed by atoms with Gasteiger partial charge in [-0.15, -0.1) is 11.3 Å². The van der Waals surface area contributed by atoms with E-state index in [0.29, 0.717) is 11.4 Å². The molecule has 6 heteroatoms. The molecular formula is C16H20N2O3S. The van der Waals surface area contributed by atoms with E-state index >= 15 is 0 Å². The highest BCUT2D eigenvalue weighted by molar-refractivity contribution is 7.10. The van der Waals surface area contributed by atoms with E-state index < -0.39 is 5.60 Å².